The molecule has 6 heteroatoms. The smallest absolute Gasteiger partial charge is 0.306 e. The summed E-state index contributed by atoms with van der Waals surface area (Å²) in [5, 5.41) is 0. The van der Waals surface area contributed by atoms with Gasteiger partial charge in [0.1, 0.15) is 13.2 Å². The molecule has 0 rings (SSSR count). The van der Waals surface area contributed by atoms with Gasteiger partial charge >= 0.3 is 17.9 Å². The largest absolute Gasteiger partial charge is 0.462 e. The molecule has 0 saturated heterocycles. The summed E-state index contributed by atoms with van der Waals surface area (Å²) in [5.41, 5.74) is 0. The number of unbranched alkanes of at least 4 members (excludes halogenated alkanes) is 19. The van der Waals surface area contributed by atoms with Crippen LogP contribution in [0.2, 0.25) is 0 Å². The highest BCUT2D eigenvalue weighted by molar-refractivity contribution is 5.71. The van der Waals surface area contributed by atoms with Crippen molar-refractivity contribution in [2.75, 3.05) is 13.2 Å². The molecule has 362 valence electrons. The van der Waals surface area contributed by atoms with Crippen molar-refractivity contribution in [1.29, 1.82) is 0 Å². The molecule has 64 heavy (non-hydrogen) atoms. The van der Waals surface area contributed by atoms with Gasteiger partial charge < -0.3 is 14.2 Å². The molecule has 0 radical (unpaired) electrons. The Balaban J connectivity index is 4.49. The third-order valence-electron chi connectivity index (χ3n) is 10.6. The highest BCUT2D eigenvalue weighted by atomic mass is 16.6. The average molecular weight is 887 g/mol. The third kappa shape index (κ3) is 49.1. The molecule has 0 aromatic heterocycles. The molecule has 0 bridgehead atoms. The van der Waals surface area contributed by atoms with Crippen molar-refractivity contribution in [2.24, 2.45) is 0 Å². The average Bonchev–Trinajstić information content (AvgIpc) is 3.29. The molecule has 0 spiro atoms. The Morgan fingerprint density at radius 3 is 1.14 bits per heavy atom. The molecule has 6 nitrogen and oxygen atoms in total. The van der Waals surface area contributed by atoms with Crippen LogP contribution in [-0.2, 0) is 28.6 Å². The number of hydrogen-bond donors (Lipinski definition) is 0. The zero-order valence-corrected chi connectivity index (χ0v) is 41.3. The molecule has 0 aliphatic rings. The molecule has 0 aliphatic heterocycles. The molecule has 0 aromatic rings. The predicted octanol–water partition coefficient (Wildman–Crippen LogP) is 17.1. The van der Waals surface area contributed by atoms with Crippen LogP contribution < -0.4 is 0 Å². The number of carbonyl (C=O) groups excluding carboxylic acids is 3. The van der Waals surface area contributed by atoms with Gasteiger partial charge in [0, 0.05) is 19.3 Å². The van der Waals surface area contributed by atoms with Crippen LogP contribution in [0.15, 0.2) is 109 Å². The van der Waals surface area contributed by atoms with Crippen LogP contribution in [0, 0.1) is 0 Å². The van der Waals surface area contributed by atoms with E-state index in [1.807, 2.05) is 36.5 Å². The lowest BCUT2D eigenvalue weighted by Gasteiger charge is -2.18. The van der Waals surface area contributed by atoms with Gasteiger partial charge in [0.2, 0.25) is 0 Å². The SMILES string of the molecule is CC\C=C/C=C\C=C/C=C\CCCCCC(=O)OCC(COC(=O)CCCCC/C=C\C/C=C\C/C=C\C/C=C\C/C=C\CC)OC(=O)CCCCCCCCCCCCCCCC. The topological polar surface area (TPSA) is 78.9 Å². The molecule has 0 saturated carbocycles. The number of hydrogen-bond acceptors (Lipinski definition) is 6. The third-order valence-corrected chi connectivity index (χ3v) is 10.6. The summed E-state index contributed by atoms with van der Waals surface area (Å²) < 4.78 is 16.7. The predicted molar refractivity (Wildman–Crippen MR) is 274 cm³/mol. The zero-order valence-electron chi connectivity index (χ0n) is 41.3. The number of esters is 3. The van der Waals surface area contributed by atoms with Gasteiger partial charge in [-0.1, -0.05) is 226 Å². The van der Waals surface area contributed by atoms with Crippen molar-refractivity contribution in [3.8, 4) is 0 Å². The molecule has 0 N–H and O–H groups in total. The second kappa shape index (κ2) is 51.7. The van der Waals surface area contributed by atoms with Gasteiger partial charge in [-0.2, -0.15) is 0 Å². The van der Waals surface area contributed by atoms with E-state index in [0.717, 1.165) is 109 Å². The Bertz CT molecular complexity index is 1340. The summed E-state index contributed by atoms with van der Waals surface area (Å²) in [6, 6.07) is 0. The van der Waals surface area contributed by atoms with Gasteiger partial charge in [-0.25, -0.2) is 0 Å². The Hall–Kier alpha value is -3.93. The first-order valence-corrected chi connectivity index (χ1v) is 25.9. The van der Waals surface area contributed by atoms with Gasteiger partial charge in [-0.3, -0.25) is 14.4 Å². The van der Waals surface area contributed by atoms with E-state index in [2.05, 4.69) is 93.7 Å². The summed E-state index contributed by atoms with van der Waals surface area (Å²) in [6.07, 6.45) is 69.3. The lowest BCUT2D eigenvalue weighted by atomic mass is 10.0. The van der Waals surface area contributed by atoms with Crippen LogP contribution in [0.25, 0.3) is 0 Å². The lowest BCUT2D eigenvalue weighted by Crippen LogP contribution is -2.30. The maximum absolute atomic E-state index is 12.8. The maximum atomic E-state index is 12.8. The molecule has 0 fully saturated rings. The van der Waals surface area contributed by atoms with E-state index in [1.54, 1.807) is 0 Å². The van der Waals surface area contributed by atoms with E-state index in [-0.39, 0.29) is 31.1 Å². The van der Waals surface area contributed by atoms with Crippen molar-refractivity contribution in [1.82, 2.24) is 0 Å². The van der Waals surface area contributed by atoms with Crippen LogP contribution in [-0.4, -0.2) is 37.2 Å². The van der Waals surface area contributed by atoms with E-state index in [0.29, 0.717) is 19.3 Å². The van der Waals surface area contributed by atoms with E-state index in [9.17, 15) is 14.4 Å². The molecule has 0 aliphatic carbocycles. The number of rotatable bonds is 45. The first-order valence-electron chi connectivity index (χ1n) is 25.9. The quantitative estimate of drug-likeness (QED) is 0.0199. The van der Waals surface area contributed by atoms with Crippen molar-refractivity contribution in [3.05, 3.63) is 109 Å². The van der Waals surface area contributed by atoms with Gasteiger partial charge in [-0.15, -0.1) is 0 Å². The van der Waals surface area contributed by atoms with Crippen molar-refractivity contribution in [2.45, 2.75) is 226 Å². The van der Waals surface area contributed by atoms with Crippen molar-refractivity contribution >= 4 is 17.9 Å². The normalized spacial score (nSPS) is 13.0. The van der Waals surface area contributed by atoms with E-state index in [4.69, 9.17) is 14.2 Å². The lowest BCUT2D eigenvalue weighted by molar-refractivity contribution is -0.167. The summed E-state index contributed by atoms with van der Waals surface area (Å²) in [5.74, 6) is -0.980. The fourth-order valence-corrected chi connectivity index (χ4v) is 6.77. The molecule has 1 unspecified atom stereocenters. The standard InChI is InChI=1S/C58H94O6/c1-4-7-10-13-16-19-22-25-27-28-29-30-31-34-36-39-42-45-48-51-57(60)63-54-55(53-62-56(59)50-47-44-41-38-35-32-24-21-18-15-12-9-6-3)64-58(61)52-49-46-43-40-37-33-26-23-20-17-14-11-8-5-2/h7,9-10,12,15-16,18-19,21,24-25,27,29-30,32,34-36,55H,4-6,8,11,13-14,17,20,22-23,26,28,31,33,37-54H2,1-3H3/b10-7-,12-9-,18-15-,19-16-,24-21-,27-25-,30-29-,35-32-,36-34-. The summed E-state index contributed by atoms with van der Waals surface area (Å²) in [4.78, 5) is 38.0. The minimum Gasteiger partial charge on any atom is -0.462 e. The number of ether oxygens (including phenoxy) is 3. The summed E-state index contributed by atoms with van der Waals surface area (Å²) in [6.45, 7) is 6.31. The van der Waals surface area contributed by atoms with Crippen LogP contribution in [0.1, 0.15) is 220 Å². The highest BCUT2D eigenvalue weighted by Crippen LogP contribution is 2.15. The molecule has 0 aromatic carbocycles. The number of carbonyl (C=O) groups is 3. The van der Waals surface area contributed by atoms with Crippen LogP contribution >= 0.6 is 0 Å². The zero-order chi connectivity index (χ0) is 46.5. The van der Waals surface area contributed by atoms with E-state index < -0.39 is 6.10 Å². The summed E-state index contributed by atoms with van der Waals surface area (Å²) in [7, 11) is 0. The molecular weight excluding hydrogens is 793 g/mol. The van der Waals surface area contributed by atoms with Gasteiger partial charge in [0.25, 0.3) is 0 Å². The minimum absolute atomic E-state index is 0.108. The van der Waals surface area contributed by atoms with Gasteiger partial charge in [0.15, 0.2) is 6.10 Å². The summed E-state index contributed by atoms with van der Waals surface area (Å²) >= 11 is 0. The van der Waals surface area contributed by atoms with Gasteiger partial charge in [0.05, 0.1) is 0 Å². The highest BCUT2D eigenvalue weighted by Gasteiger charge is 2.19. The maximum Gasteiger partial charge on any atom is 0.306 e. The van der Waals surface area contributed by atoms with Gasteiger partial charge in [-0.05, 0) is 83.5 Å². The van der Waals surface area contributed by atoms with Crippen LogP contribution in [0.3, 0.4) is 0 Å². The first-order chi connectivity index (χ1) is 31.5. The second-order valence-corrected chi connectivity index (χ2v) is 16.8. The monoisotopic (exact) mass is 887 g/mol. The van der Waals surface area contributed by atoms with Crippen molar-refractivity contribution < 1.29 is 28.6 Å². The Morgan fingerprint density at radius 2 is 0.688 bits per heavy atom. The fourth-order valence-electron chi connectivity index (χ4n) is 6.77. The molecule has 0 amide bonds. The van der Waals surface area contributed by atoms with Crippen LogP contribution in [0.5, 0.6) is 0 Å². The number of allylic oxidation sites excluding steroid dienone is 18. The molecular formula is C58H94O6. The minimum atomic E-state index is -0.807. The van der Waals surface area contributed by atoms with Crippen LogP contribution in [0.4, 0.5) is 0 Å². The Kier molecular flexibility index (Phi) is 48.5. The Morgan fingerprint density at radius 1 is 0.344 bits per heavy atom. The molecule has 0 heterocycles. The first kappa shape index (κ1) is 60.1. The second-order valence-electron chi connectivity index (χ2n) is 16.8. The van der Waals surface area contributed by atoms with Crippen molar-refractivity contribution in [3.63, 3.8) is 0 Å². The van der Waals surface area contributed by atoms with E-state index >= 15 is 0 Å². The molecule has 1 atom stereocenters. The van der Waals surface area contributed by atoms with E-state index in [1.165, 1.54) is 70.6 Å². The fraction of sp³-hybridized carbons (Fsp3) is 0.638. The Labute approximate surface area is 393 Å².